The van der Waals surface area contributed by atoms with E-state index in [1.165, 1.54) is 14.8 Å². The molecule has 0 saturated carbocycles. The first-order chi connectivity index (χ1) is 9.04. The lowest BCUT2D eigenvalue weighted by Gasteiger charge is -2.21. The van der Waals surface area contributed by atoms with Crippen molar-refractivity contribution in [1.82, 2.24) is 15.1 Å². The number of benzene rings is 1. The second kappa shape index (κ2) is 6.37. The molecular weight excluding hydrogens is 417 g/mol. The van der Waals surface area contributed by atoms with Crippen molar-refractivity contribution in [2.45, 2.75) is 25.9 Å². The van der Waals surface area contributed by atoms with Crippen LogP contribution in [0, 0.1) is 3.57 Å². The van der Waals surface area contributed by atoms with Crippen molar-refractivity contribution < 1.29 is 0 Å². The van der Waals surface area contributed by atoms with Gasteiger partial charge in [0.2, 0.25) is 0 Å². The second-order valence-electron chi connectivity index (χ2n) is 4.69. The minimum atomic E-state index is 0.135. The summed E-state index contributed by atoms with van der Waals surface area (Å²) in [7, 11) is 1.98. The average molecular weight is 434 g/mol. The highest BCUT2D eigenvalue weighted by Crippen LogP contribution is 2.30. The lowest BCUT2D eigenvalue weighted by Crippen LogP contribution is -2.22. The van der Waals surface area contributed by atoms with Crippen LogP contribution in [0.5, 0.6) is 0 Å². The zero-order valence-corrected chi connectivity index (χ0v) is 14.9. The minimum absolute atomic E-state index is 0.135. The number of aromatic nitrogens is 2. The Balaban J connectivity index is 2.47. The Morgan fingerprint density at radius 1 is 1.26 bits per heavy atom. The molecular formula is C14H17BrIN3. The fourth-order valence-electron chi connectivity index (χ4n) is 2.15. The van der Waals surface area contributed by atoms with E-state index in [-0.39, 0.29) is 6.04 Å². The van der Waals surface area contributed by atoms with E-state index in [9.17, 15) is 0 Å². The molecule has 2 aromatic rings. The minimum Gasteiger partial charge on any atom is -0.308 e. The molecule has 5 heteroatoms. The zero-order chi connectivity index (χ0) is 14.0. The van der Waals surface area contributed by atoms with Crippen LogP contribution in [0.4, 0.5) is 0 Å². The number of nitrogens with one attached hydrogen (secondary N) is 1. The third-order valence-electron chi connectivity index (χ3n) is 3.04. The third-order valence-corrected chi connectivity index (χ3v) is 4.37. The van der Waals surface area contributed by atoms with E-state index >= 15 is 0 Å². The molecule has 1 N–H and O–H groups in total. The van der Waals surface area contributed by atoms with E-state index in [1.54, 1.807) is 0 Å². The second-order valence-corrected chi connectivity index (χ2v) is 6.79. The Hall–Kier alpha value is -0.400. The Kier molecular flexibility index (Phi) is 5.03. The Labute approximate surface area is 136 Å². The Morgan fingerprint density at radius 3 is 2.42 bits per heavy atom. The van der Waals surface area contributed by atoms with E-state index in [2.05, 4.69) is 91.7 Å². The van der Waals surface area contributed by atoms with Gasteiger partial charge >= 0.3 is 0 Å². The van der Waals surface area contributed by atoms with Crippen molar-refractivity contribution in [1.29, 1.82) is 0 Å². The molecule has 1 aromatic heterocycles. The normalized spacial score (nSPS) is 12.9. The van der Waals surface area contributed by atoms with Gasteiger partial charge in [-0.25, -0.2) is 0 Å². The van der Waals surface area contributed by atoms with Crippen LogP contribution in [0.2, 0.25) is 0 Å². The Morgan fingerprint density at radius 2 is 1.89 bits per heavy atom. The summed E-state index contributed by atoms with van der Waals surface area (Å²) >= 11 is 5.94. The SMILES string of the molecule is CNC(c1ccc(I)cc1)c1c(Br)cnn1C(C)C. The van der Waals surface area contributed by atoms with Gasteiger partial charge in [0, 0.05) is 9.61 Å². The van der Waals surface area contributed by atoms with Crippen LogP contribution < -0.4 is 5.32 Å². The van der Waals surface area contributed by atoms with Crippen molar-refractivity contribution in [2.75, 3.05) is 7.05 Å². The van der Waals surface area contributed by atoms with Gasteiger partial charge in [0.1, 0.15) is 0 Å². The number of nitrogens with zero attached hydrogens (tertiary/aromatic N) is 2. The molecule has 0 aliphatic heterocycles. The van der Waals surface area contributed by atoms with Crippen LogP contribution in [-0.4, -0.2) is 16.8 Å². The van der Waals surface area contributed by atoms with Gasteiger partial charge in [-0.2, -0.15) is 5.10 Å². The van der Waals surface area contributed by atoms with Crippen molar-refractivity contribution in [3.8, 4) is 0 Å². The first kappa shape index (κ1) is 15.0. The maximum Gasteiger partial charge on any atom is 0.0757 e. The fraction of sp³-hybridized carbons (Fsp3) is 0.357. The molecule has 102 valence electrons. The van der Waals surface area contributed by atoms with E-state index in [0.717, 1.165) is 4.47 Å². The molecule has 0 bridgehead atoms. The van der Waals surface area contributed by atoms with Crippen molar-refractivity contribution >= 4 is 38.5 Å². The third kappa shape index (κ3) is 3.20. The molecule has 0 aliphatic rings. The summed E-state index contributed by atoms with van der Waals surface area (Å²) in [4.78, 5) is 0. The van der Waals surface area contributed by atoms with Crippen LogP contribution in [0.15, 0.2) is 34.9 Å². The van der Waals surface area contributed by atoms with E-state index in [1.807, 2.05) is 13.2 Å². The lowest BCUT2D eigenvalue weighted by atomic mass is 10.0. The average Bonchev–Trinajstić information content (AvgIpc) is 2.75. The predicted molar refractivity (Wildman–Crippen MR) is 90.4 cm³/mol. The Bertz CT molecular complexity index is 548. The van der Waals surface area contributed by atoms with Gasteiger partial charge < -0.3 is 5.32 Å². The molecule has 0 fully saturated rings. The van der Waals surface area contributed by atoms with E-state index in [4.69, 9.17) is 0 Å². The van der Waals surface area contributed by atoms with Gasteiger partial charge in [-0.3, -0.25) is 4.68 Å². The molecule has 2 rings (SSSR count). The summed E-state index contributed by atoms with van der Waals surface area (Å²) in [5, 5.41) is 7.84. The van der Waals surface area contributed by atoms with E-state index in [0.29, 0.717) is 6.04 Å². The van der Waals surface area contributed by atoms with Gasteiger partial charge in [-0.05, 0) is 77.1 Å². The van der Waals surface area contributed by atoms with Crippen molar-refractivity contribution in [2.24, 2.45) is 0 Å². The fourth-order valence-corrected chi connectivity index (χ4v) is 3.01. The first-order valence-corrected chi connectivity index (χ1v) is 8.07. The number of rotatable bonds is 4. The maximum atomic E-state index is 4.46. The highest BCUT2D eigenvalue weighted by Gasteiger charge is 2.21. The molecule has 1 aromatic carbocycles. The summed E-state index contributed by atoms with van der Waals surface area (Å²) in [6, 6.07) is 9.05. The standard InChI is InChI=1S/C14H17BrIN3/c1-9(2)19-14(12(15)8-18-19)13(17-3)10-4-6-11(16)7-5-10/h4-9,13,17H,1-3H3. The molecule has 1 unspecified atom stereocenters. The molecule has 0 aliphatic carbocycles. The molecule has 19 heavy (non-hydrogen) atoms. The predicted octanol–water partition coefficient (Wildman–Crippen LogP) is 4.14. The molecule has 0 spiro atoms. The van der Waals surface area contributed by atoms with Gasteiger partial charge in [-0.1, -0.05) is 12.1 Å². The van der Waals surface area contributed by atoms with Crippen molar-refractivity contribution in [3.63, 3.8) is 0 Å². The van der Waals surface area contributed by atoms with Crippen molar-refractivity contribution in [3.05, 3.63) is 49.8 Å². The van der Waals surface area contributed by atoms with Crippen LogP contribution in [0.25, 0.3) is 0 Å². The van der Waals surface area contributed by atoms with Gasteiger partial charge in [0.15, 0.2) is 0 Å². The summed E-state index contributed by atoms with van der Waals surface area (Å²) in [6.45, 7) is 4.28. The molecule has 0 radical (unpaired) electrons. The summed E-state index contributed by atoms with van der Waals surface area (Å²) in [5.41, 5.74) is 2.41. The molecule has 3 nitrogen and oxygen atoms in total. The van der Waals surface area contributed by atoms with Gasteiger partial charge in [-0.15, -0.1) is 0 Å². The summed E-state index contributed by atoms with van der Waals surface area (Å²) in [6.07, 6.45) is 1.87. The number of halogens is 2. The quantitative estimate of drug-likeness (QED) is 0.734. The van der Waals surface area contributed by atoms with Gasteiger partial charge in [0.25, 0.3) is 0 Å². The highest BCUT2D eigenvalue weighted by atomic mass is 127. The summed E-state index contributed by atoms with van der Waals surface area (Å²) < 4.78 is 4.34. The molecule has 1 atom stereocenters. The zero-order valence-electron chi connectivity index (χ0n) is 11.2. The molecule has 0 amide bonds. The first-order valence-electron chi connectivity index (χ1n) is 6.20. The number of hydrogen-bond donors (Lipinski definition) is 1. The monoisotopic (exact) mass is 433 g/mol. The number of hydrogen-bond acceptors (Lipinski definition) is 2. The maximum absolute atomic E-state index is 4.46. The van der Waals surface area contributed by atoms with Crippen LogP contribution in [-0.2, 0) is 0 Å². The van der Waals surface area contributed by atoms with Crippen LogP contribution in [0.3, 0.4) is 0 Å². The lowest BCUT2D eigenvalue weighted by molar-refractivity contribution is 0.483. The molecule has 0 saturated heterocycles. The smallest absolute Gasteiger partial charge is 0.0757 e. The largest absolute Gasteiger partial charge is 0.308 e. The summed E-state index contributed by atoms with van der Waals surface area (Å²) in [5.74, 6) is 0. The highest BCUT2D eigenvalue weighted by molar-refractivity contribution is 14.1. The topological polar surface area (TPSA) is 29.9 Å². The van der Waals surface area contributed by atoms with Crippen LogP contribution in [0.1, 0.15) is 37.2 Å². The van der Waals surface area contributed by atoms with E-state index < -0.39 is 0 Å². The van der Waals surface area contributed by atoms with Gasteiger partial charge in [0.05, 0.1) is 22.4 Å². The molecule has 1 heterocycles. The van der Waals surface area contributed by atoms with Crippen LogP contribution >= 0.6 is 38.5 Å².